The summed E-state index contributed by atoms with van der Waals surface area (Å²) in [6.07, 6.45) is 3.04. The SMILES string of the molecule is CC(C)c1ncc2c(n1)CN(CCCl)CC2. The van der Waals surface area contributed by atoms with E-state index in [0.717, 1.165) is 31.9 Å². The molecule has 0 spiro atoms. The molecule has 0 aromatic carbocycles. The Labute approximate surface area is 102 Å². The molecule has 0 bridgehead atoms. The molecule has 0 radical (unpaired) electrons. The van der Waals surface area contributed by atoms with Gasteiger partial charge in [0.15, 0.2) is 0 Å². The molecule has 0 saturated heterocycles. The number of rotatable bonds is 3. The Morgan fingerprint density at radius 3 is 3.00 bits per heavy atom. The summed E-state index contributed by atoms with van der Waals surface area (Å²) in [7, 11) is 0. The first-order valence-corrected chi connectivity index (χ1v) is 6.37. The summed E-state index contributed by atoms with van der Waals surface area (Å²) >= 11 is 5.77. The number of halogens is 1. The minimum absolute atomic E-state index is 0.397. The predicted octanol–water partition coefficient (Wildman–Crippen LogP) is 2.20. The summed E-state index contributed by atoms with van der Waals surface area (Å²) in [6, 6.07) is 0. The molecule has 0 unspecified atom stereocenters. The van der Waals surface area contributed by atoms with Gasteiger partial charge in [0.1, 0.15) is 5.82 Å². The highest BCUT2D eigenvalue weighted by molar-refractivity contribution is 6.18. The topological polar surface area (TPSA) is 29.0 Å². The standard InChI is InChI=1S/C12H18ClN3/c1-9(2)12-14-7-10-3-5-16(6-4-13)8-11(10)15-12/h7,9H,3-6,8H2,1-2H3. The lowest BCUT2D eigenvalue weighted by Gasteiger charge is -2.27. The van der Waals surface area contributed by atoms with Crippen LogP contribution in [0.25, 0.3) is 0 Å². The van der Waals surface area contributed by atoms with E-state index in [4.69, 9.17) is 11.6 Å². The molecule has 4 heteroatoms. The lowest BCUT2D eigenvalue weighted by molar-refractivity contribution is 0.264. The maximum atomic E-state index is 5.77. The van der Waals surface area contributed by atoms with E-state index < -0.39 is 0 Å². The van der Waals surface area contributed by atoms with Crippen LogP contribution in [0, 0.1) is 0 Å². The van der Waals surface area contributed by atoms with Gasteiger partial charge in [0.2, 0.25) is 0 Å². The van der Waals surface area contributed by atoms with E-state index >= 15 is 0 Å². The molecule has 88 valence electrons. The lowest BCUT2D eigenvalue weighted by Crippen LogP contribution is -2.33. The Bertz CT molecular complexity index is 365. The number of fused-ring (bicyclic) bond motifs is 1. The van der Waals surface area contributed by atoms with Gasteiger partial charge < -0.3 is 0 Å². The molecular weight excluding hydrogens is 222 g/mol. The van der Waals surface area contributed by atoms with E-state index in [1.807, 2.05) is 6.20 Å². The zero-order valence-electron chi connectivity index (χ0n) is 9.91. The van der Waals surface area contributed by atoms with Gasteiger partial charge in [0.05, 0.1) is 5.69 Å². The van der Waals surface area contributed by atoms with Gasteiger partial charge >= 0.3 is 0 Å². The van der Waals surface area contributed by atoms with Crippen molar-refractivity contribution in [3.8, 4) is 0 Å². The molecule has 0 fully saturated rings. The molecule has 16 heavy (non-hydrogen) atoms. The molecule has 2 rings (SSSR count). The fourth-order valence-electron chi connectivity index (χ4n) is 1.96. The van der Waals surface area contributed by atoms with Crippen LogP contribution in [0.2, 0.25) is 0 Å². The first kappa shape index (κ1) is 11.8. The van der Waals surface area contributed by atoms with Crippen molar-refractivity contribution in [2.75, 3.05) is 19.0 Å². The molecule has 1 aromatic heterocycles. The van der Waals surface area contributed by atoms with Crippen molar-refractivity contribution in [1.29, 1.82) is 0 Å². The summed E-state index contributed by atoms with van der Waals surface area (Å²) in [5.74, 6) is 2.04. The Morgan fingerprint density at radius 2 is 2.31 bits per heavy atom. The quantitative estimate of drug-likeness (QED) is 0.758. The zero-order chi connectivity index (χ0) is 11.5. The van der Waals surface area contributed by atoms with Crippen LogP contribution >= 0.6 is 11.6 Å². The number of alkyl halides is 1. The van der Waals surface area contributed by atoms with Crippen molar-refractivity contribution in [3.05, 3.63) is 23.3 Å². The number of hydrogen-bond donors (Lipinski definition) is 0. The van der Waals surface area contributed by atoms with Crippen molar-refractivity contribution >= 4 is 11.6 Å². The summed E-state index contributed by atoms with van der Waals surface area (Å²) in [5.41, 5.74) is 2.49. The molecule has 0 aliphatic carbocycles. The third kappa shape index (κ3) is 2.53. The molecule has 2 heterocycles. The van der Waals surface area contributed by atoms with Gasteiger partial charge in [0, 0.05) is 37.6 Å². The van der Waals surface area contributed by atoms with E-state index in [1.54, 1.807) is 0 Å². The second-order valence-electron chi connectivity index (χ2n) is 4.57. The Morgan fingerprint density at radius 1 is 1.50 bits per heavy atom. The van der Waals surface area contributed by atoms with Crippen LogP contribution in [0.1, 0.15) is 36.8 Å². The van der Waals surface area contributed by atoms with Gasteiger partial charge in [-0.1, -0.05) is 13.8 Å². The molecular formula is C12H18ClN3. The van der Waals surface area contributed by atoms with Crippen molar-refractivity contribution in [3.63, 3.8) is 0 Å². The first-order valence-electron chi connectivity index (χ1n) is 5.83. The molecule has 1 aliphatic heterocycles. The first-order chi connectivity index (χ1) is 7.70. The van der Waals surface area contributed by atoms with Gasteiger partial charge in [-0.15, -0.1) is 11.6 Å². The Balaban J connectivity index is 2.18. The molecule has 0 amide bonds. The number of hydrogen-bond acceptors (Lipinski definition) is 3. The van der Waals surface area contributed by atoms with E-state index in [9.17, 15) is 0 Å². The maximum absolute atomic E-state index is 5.77. The summed E-state index contributed by atoms with van der Waals surface area (Å²) in [6.45, 7) is 7.19. The number of nitrogens with zero attached hydrogens (tertiary/aromatic N) is 3. The third-order valence-electron chi connectivity index (χ3n) is 2.96. The molecule has 3 nitrogen and oxygen atoms in total. The van der Waals surface area contributed by atoms with Crippen LogP contribution in [0.5, 0.6) is 0 Å². The highest BCUT2D eigenvalue weighted by Crippen LogP contribution is 2.18. The van der Waals surface area contributed by atoms with Gasteiger partial charge in [0.25, 0.3) is 0 Å². The van der Waals surface area contributed by atoms with Crippen LogP contribution in [0.15, 0.2) is 6.20 Å². The molecule has 0 atom stereocenters. The zero-order valence-corrected chi connectivity index (χ0v) is 10.7. The second kappa shape index (κ2) is 5.11. The highest BCUT2D eigenvalue weighted by Gasteiger charge is 2.18. The normalized spacial score (nSPS) is 16.5. The smallest absolute Gasteiger partial charge is 0.131 e. The molecule has 1 aliphatic rings. The minimum atomic E-state index is 0.397. The second-order valence-corrected chi connectivity index (χ2v) is 4.95. The van der Waals surface area contributed by atoms with E-state index in [-0.39, 0.29) is 0 Å². The lowest BCUT2D eigenvalue weighted by atomic mass is 10.1. The van der Waals surface area contributed by atoms with Crippen molar-refractivity contribution < 1.29 is 0 Å². The fraction of sp³-hybridized carbons (Fsp3) is 0.667. The van der Waals surface area contributed by atoms with Gasteiger partial charge in [-0.2, -0.15) is 0 Å². The Kier molecular flexibility index (Phi) is 3.77. The highest BCUT2D eigenvalue weighted by atomic mass is 35.5. The predicted molar refractivity (Wildman–Crippen MR) is 65.8 cm³/mol. The largest absolute Gasteiger partial charge is 0.296 e. The summed E-state index contributed by atoms with van der Waals surface area (Å²) < 4.78 is 0. The third-order valence-corrected chi connectivity index (χ3v) is 3.13. The minimum Gasteiger partial charge on any atom is -0.296 e. The average Bonchev–Trinajstić information content (AvgIpc) is 2.28. The van der Waals surface area contributed by atoms with Crippen molar-refractivity contribution in [2.24, 2.45) is 0 Å². The van der Waals surface area contributed by atoms with Gasteiger partial charge in [-0.25, -0.2) is 9.97 Å². The van der Waals surface area contributed by atoms with Crippen LogP contribution < -0.4 is 0 Å². The van der Waals surface area contributed by atoms with Crippen molar-refractivity contribution in [2.45, 2.75) is 32.7 Å². The summed E-state index contributed by atoms with van der Waals surface area (Å²) in [5, 5.41) is 0. The van der Waals surface area contributed by atoms with Crippen LogP contribution in [0.4, 0.5) is 0 Å². The average molecular weight is 240 g/mol. The maximum Gasteiger partial charge on any atom is 0.131 e. The van der Waals surface area contributed by atoms with Crippen LogP contribution in [-0.4, -0.2) is 33.8 Å². The number of aromatic nitrogens is 2. The van der Waals surface area contributed by atoms with Crippen LogP contribution in [0.3, 0.4) is 0 Å². The van der Waals surface area contributed by atoms with Crippen molar-refractivity contribution in [1.82, 2.24) is 14.9 Å². The summed E-state index contributed by atoms with van der Waals surface area (Å²) in [4.78, 5) is 11.4. The van der Waals surface area contributed by atoms with E-state index in [0.29, 0.717) is 11.8 Å². The Hall–Kier alpha value is -0.670. The molecule has 0 N–H and O–H groups in total. The van der Waals surface area contributed by atoms with E-state index in [2.05, 4.69) is 28.7 Å². The van der Waals surface area contributed by atoms with Gasteiger partial charge in [-0.05, 0) is 12.0 Å². The van der Waals surface area contributed by atoms with Gasteiger partial charge in [-0.3, -0.25) is 4.90 Å². The van der Waals surface area contributed by atoms with Crippen LogP contribution in [-0.2, 0) is 13.0 Å². The monoisotopic (exact) mass is 239 g/mol. The molecule has 1 aromatic rings. The molecule has 0 saturated carbocycles. The van der Waals surface area contributed by atoms with E-state index in [1.165, 1.54) is 11.3 Å². The fourth-order valence-corrected chi connectivity index (χ4v) is 2.20.